The number of carboxylic acid groups (broad SMARTS) is 1. The summed E-state index contributed by atoms with van der Waals surface area (Å²) in [6, 6.07) is -0.209. The number of nitrogens with one attached hydrogen (secondary N) is 1. The zero-order valence-corrected chi connectivity index (χ0v) is 13.2. The molecule has 21 heavy (non-hydrogen) atoms. The Bertz CT molecular complexity index is 339. The van der Waals surface area contributed by atoms with E-state index in [0.29, 0.717) is 32.5 Å². The molecule has 1 rings (SSSR count). The van der Waals surface area contributed by atoms with Crippen LogP contribution in [-0.4, -0.2) is 55.4 Å². The zero-order chi connectivity index (χ0) is 15.7. The number of carbonyl (C=O) groups excluding carboxylic acids is 1. The minimum atomic E-state index is -0.799. The molecule has 1 fully saturated rings. The van der Waals surface area contributed by atoms with E-state index in [4.69, 9.17) is 4.74 Å². The number of aliphatic carboxylic acids is 1. The lowest BCUT2D eigenvalue weighted by molar-refractivity contribution is -0.149. The van der Waals surface area contributed by atoms with Crippen LogP contribution >= 0.6 is 0 Å². The molecule has 0 bridgehead atoms. The van der Waals surface area contributed by atoms with Crippen LogP contribution in [0.1, 0.15) is 45.4 Å². The average Bonchev–Trinajstić information content (AvgIpc) is 2.72. The number of likely N-dealkylation sites (N-methyl/N-ethyl adjacent to an activating group) is 1. The lowest BCUT2D eigenvalue weighted by Gasteiger charge is -2.30. The summed E-state index contributed by atoms with van der Waals surface area (Å²) >= 11 is 0. The molecule has 0 unspecified atom stereocenters. The van der Waals surface area contributed by atoms with Gasteiger partial charge in [0.25, 0.3) is 0 Å². The molecule has 2 N–H and O–H groups in total. The van der Waals surface area contributed by atoms with E-state index in [1.54, 1.807) is 12.0 Å². The topological polar surface area (TPSA) is 78.9 Å². The Balaban J connectivity index is 2.59. The molecule has 0 aromatic heterocycles. The smallest absolute Gasteiger partial charge is 0.317 e. The van der Waals surface area contributed by atoms with Crippen molar-refractivity contribution in [3.05, 3.63) is 0 Å². The van der Waals surface area contributed by atoms with Crippen molar-refractivity contribution in [1.82, 2.24) is 10.2 Å². The Hall–Kier alpha value is -1.30. The van der Waals surface area contributed by atoms with Crippen LogP contribution in [0.4, 0.5) is 4.79 Å². The van der Waals surface area contributed by atoms with Gasteiger partial charge in [0, 0.05) is 26.7 Å². The lowest BCUT2D eigenvalue weighted by Crippen LogP contribution is -2.48. The third-order valence-electron chi connectivity index (χ3n) is 4.33. The molecule has 6 heteroatoms. The second kappa shape index (κ2) is 8.87. The minimum absolute atomic E-state index is 0.209. The van der Waals surface area contributed by atoms with Gasteiger partial charge in [0.1, 0.15) is 0 Å². The molecule has 0 spiro atoms. The quantitative estimate of drug-likeness (QED) is 0.706. The molecule has 0 heterocycles. The van der Waals surface area contributed by atoms with Gasteiger partial charge in [-0.05, 0) is 19.8 Å². The predicted octanol–water partition coefficient (Wildman–Crippen LogP) is 2.09. The first-order valence-corrected chi connectivity index (χ1v) is 7.81. The maximum absolute atomic E-state index is 12.1. The molecule has 0 radical (unpaired) electrons. The van der Waals surface area contributed by atoms with E-state index in [2.05, 4.69) is 5.32 Å². The molecule has 1 saturated carbocycles. The van der Waals surface area contributed by atoms with Crippen molar-refractivity contribution in [3.8, 4) is 0 Å². The first-order valence-electron chi connectivity index (χ1n) is 7.81. The van der Waals surface area contributed by atoms with Crippen molar-refractivity contribution >= 4 is 12.0 Å². The van der Waals surface area contributed by atoms with Crippen LogP contribution in [-0.2, 0) is 9.53 Å². The van der Waals surface area contributed by atoms with Gasteiger partial charge in [-0.25, -0.2) is 4.79 Å². The fourth-order valence-corrected chi connectivity index (χ4v) is 2.83. The van der Waals surface area contributed by atoms with E-state index >= 15 is 0 Å². The number of carbonyl (C=O) groups is 2. The number of ether oxygens (including phenoxy) is 1. The van der Waals surface area contributed by atoms with Crippen molar-refractivity contribution in [1.29, 1.82) is 0 Å². The number of hydrogen-bond acceptors (Lipinski definition) is 3. The fraction of sp³-hybridized carbons (Fsp3) is 0.867. The number of carboxylic acids is 1. The molecule has 0 aromatic carbocycles. The van der Waals surface area contributed by atoms with Crippen LogP contribution in [0.15, 0.2) is 0 Å². The molecular weight excluding hydrogens is 272 g/mol. The van der Waals surface area contributed by atoms with Crippen molar-refractivity contribution in [2.24, 2.45) is 5.41 Å². The fourth-order valence-electron chi connectivity index (χ4n) is 2.83. The van der Waals surface area contributed by atoms with E-state index in [0.717, 1.165) is 25.7 Å². The number of hydrogen-bond donors (Lipinski definition) is 2. The summed E-state index contributed by atoms with van der Waals surface area (Å²) in [5.41, 5.74) is -0.799. The van der Waals surface area contributed by atoms with Crippen LogP contribution in [0.5, 0.6) is 0 Å². The van der Waals surface area contributed by atoms with Gasteiger partial charge < -0.3 is 20.1 Å². The highest BCUT2D eigenvalue weighted by molar-refractivity contribution is 5.78. The Morgan fingerprint density at radius 3 is 2.33 bits per heavy atom. The third-order valence-corrected chi connectivity index (χ3v) is 4.33. The van der Waals surface area contributed by atoms with Crippen molar-refractivity contribution < 1.29 is 19.4 Å². The Morgan fingerprint density at radius 1 is 1.24 bits per heavy atom. The first kappa shape index (κ1) is 17.8. The number of amides is 2. The van der Waals surface area contributed by atoms with Crippen molar-refractivity contribution in [2.75, 3.05) is 33.4 Å². The molecule has 0 saturated heterocycles. The summed E-state index contributed by atoms with van der Waals surface area (Å²) in [6.45, 7) is 3.68. The zero-order valence-electron chi connectivity index (χ0n) is 13.2. The second-order valence-electron chi connectivity index (χ2n) is 5.73. The Labute approximate surface area is 126 Å². The molecule has 122 valence electrons. The summed E-state index contributed by atoms with van der Waals surface area (Å²) in [4.78, 5) is 25.4. The van der Waals surface area contributed by atoms with E-state index in [1.165, 1.54) is 0 Å². The van der Waals surface area contributed by atoms with Crippen molar-refractivity contribution in [2.45, 2.75) is 45.4 Å². The Kier molecular flexibility index (Phi) is 7.50. The number of rotatable bonds is 7. The monoisotopic (exact) mass is 300 g/mol. The highest BCUT2D eigenvalue weighted by atomic mass is 16.5. The van der Waals surface area contributed by atoms with Crippen molar-refractivity contribution in [3.63, 3.8) is 0 Å². The predicted molar refractivity (Wildman–Crippen MR) is 80.3 cm³/mol. The number of nitrogens with zero attached hydrogens (tertiary/aromatic N) is 1. The number of urea groups is 1. The molecular formula is C15H28N2O4. The van der Waals surface area contributed by atoms with Gasteiger partial charge in [-0.2, -0.15) is 0 Å². The van der Waals surface area contributed by atoms with Gasteiger partial charge in [-0.1, -0.05) is 25.7 Å². The molecule has 0 aromatic rings. The summed E-state index contributed by atoms with van der Waals surface area (Å²) in [5, 5.41) is 12.4. The SMILES string of the molecule is CCN(CCOC)C(=O)NCC1(C(=O)O)CCCCCC1. The van der Waals surface area contributed by atoms with Gasteiger partial charge in [0.15, 0.2) is 0 Å². The highest BCUT2D eigenvalue weighted by Gasteiger charge is 2.39. The maximum atomic E-state index is 12.1. The van der Waals surface area contributed by atoms with Gasteiger partial charge in [-0.15, -0.1) is 0 Å². The molecule has 2 amide bonds. The highest BCUT2D eigenvalue weighted by Crippen LogP contribution is 2.34. The average molecular weight is 300 g/mol. The van der Waals surface area contributed by atoms with Gasteiger partial charge >= 0.3 is 12.0 Å². The molecule has 0 atom stereocenters. The van der Waals surface area contributed by atoms with E-state index in [-0.39, 0.29) is 12.6 Å². The number of methoxy groups -OCH3 is 1. The minimum Gasteiger partial charge on any atom is -0.481 e. The third kappa shape index (κ3) is 5.19. The normalized spacial score (nSPS) is 17.8. The van der Waals surface area contributed by atoms with Crippen LogP contribution in [0.3, 0.4) is 0 Å². The van der Waals surface area contributed by atoms with Crippen LogP contribution in [0, 0.1) is 5.41 Å². The summed E-state index contributed by atoms with van der Waals surface area (Å²) in [7, 11) is 1.59. The maximum Gasteiger partial charge on any atom is 0.317 e. The van der Waals surface area contributed by atoms with Gasteiger partial charge in [0.2, 0.25) is 0 Å². The standard InChI is InChI=1S/C15H28N2O4/c1-3-17(10-11-21-2)14(20)16-12-15(13(18)19)8-6-4-5-7-9-15/h3-12H2,1-2H3,(H,16,20)(H,18,19). The van der Waals surface area contributed by atoms with E-state index in [1.807, 2.05) is 6.92 Å². The largest absolute Gasteiger partial charge is 0.481 e. The van der Waals surface area contributed by atoms with Gasteiger partial charge in [-0.3, -0.25) is 4.79 Å². The van der Waals surface area contributed by atoms with E-state index in [9.17, 15) is 14.7 Å². The molecule has 1 aliphatic carbocycles. The lowest BCUT2D eigenvalue weighted by atomic mass is 9.80. The second-order valence-corrected chi connectivity index (χ2v) is 5.73. The van der Waals surface area contributed by atoms with Crippen LogP contribution < -0.4 is 5.32 Å². The summed E-state index contributed by atoms with van der Waals surface area (Å²) < 4.78 is 4.98. The first-order chi connectivity index (χ1) is 10.1. The molecule has 0 aliphatic heterocycles. The summed E-state index contributed by atoms with van der Waals surface area (Å²) in [6.07, 6.45) is 5.29. The van der Waals surface area contributed by atoms with Crippen LogP contribution in [0.25, 0.3) is 0 Å². The Morgan fingerprint density at radius 2 is 1.86 bits per heavy atom. The molecule has 1 aliphatic rings. The van der Waals surface area contributed by atoms with E-state index < -0.39 is 11.4 Å². The summed E-state index contributed by atoms with van der Waals surface area (Å²) in [5.74, 6) is -0.787. The van der Waals surface area contributed by atoms with Crippen LogP contribution in [0.2, 0.25) is 0 Å². The van der Waals surface area contributed by atoms with Gasteiger partial charge in [0.05, 0.1) is 12.0 Å². The molecule has 6 nitrogen and oxygen atoms in total.